The van der Waals surface area contributed by atoms with Gasteiger partial charge in [0.25, 0.3) is 0 Å². The van der Waals surface area contributed by atoms with E-state index in [0.717, 1.165) is 127 Å². The zero-order chi connectivity index (χ0) is 70.1. The maximum absolute atomic E-state index is 13.1. The summed E-state index contributed by atoms with van der Waals surface area (Å²) in [5, 5.41) is 10.6. The van der Waals surface area contributed by atoms with Crippen molar-refractivity contribution in [3.8, 4) is 0 Å². The van der Waals surface area contributed by atoms with Gasteiger partial charge in [-0.15, -0.1) is 0 Å². The summed E-state index contributed by atoms with van der Waals surface area (Å²) >= 11 is 0. The Bertz CT molecular complexity index is 1950. The molecule has 0 bridgehead atoms. The number of ether oxygens (including phenoxy) is 4. The molecule has 0 radical (unpaired) electrons. The van der Waals surface area contributed by atoms with Crippen molar-refractivity contribution >= 4 is 39.5 Å². The van der Waals surface area contributed by atoms with Gasteiger partial charge in [0.1, 0.15) is 19.3 Å². The van der Waals surface area contributed by atoms with Crippen molar-refractivity contribution in [3.05, 3.63) is 24.3 Å². The maximum atomic E-state index is 13.1. The van der Waals surface area contributed by atoms with E-state index in [2.05, 4.69) is 72.8 Å². The Morgan fingerprint density at radius 2 is 0.621 bits per heavy atom. The number of hydrogen-bond acceptors (Lipinski definition) is 15. The Morgan fingerprint density at radius 3 is 0.937 bits per heavy atom. The van der Waals surface area contributed by atoms with Crippen molar-refractivity contribution in [2.45, 2.75) is 381 Å². The third-order valence-electron chi connectivity index (χ3n) is 17.7. The predicted octanol–water partition coefficient (Wildman–Crippen LogP) is 21.7. The fraction of sp³-hybridized carbons (Fsp3) is 0.895. The van der Waals surface area contributed by atoms with Gasteiger partial charge in [-0.25, -0.2) is 9.13 Å². The quantitative estimate of drug-likeness (QED) is 0.0169. The molecule has 5 unspecified atom stereocenters. The first-order valence-electron chi connectivity index (χ1n) is 38.7. The zero-order valence-corrected chi connectivity index (χ0v) is 63.4. The number of aliphatic hydroxyl groups is 1. The van der Waals surface area contributed by atoms with Crippen LogP contribution in [0.2, 0.25) is 0 Å². The number of unbranched alkanes of at least 4 members (excludes halogenated alkanes) is 35. The molecule has 17 nitrogen and oxygen atoms in total. The third-order valence-corrected chi connectivity index (χ3v) is 19.6. The molecule has 0 aliphatic carbocycles. The number of phosphoric ester groups is 2. The van der Waals surface area contributed by atoms with Crippen LogP contribution in [0.5, 0.6) is 0 Å². The lowest BCUT2D eigenvalue weighted by molar-refractivity contribution is -0.161. The van der Waals surface area contributed by atoms with Crippen LogP contribution in [0.4, 0.5) is 0 Å². The van der Waals surface area contributed by atoms with Crippen LogP contribution in [0.3, 0.4) is 0 Å². The standard InChI is InChI=1S/C76H144O17P2/c1-8-11-12-13-14-15-16-17-18-22-25-28-36-43-50-57-73(78)86-63-71(92-75(80)59-52-45-37-29-26-23-20-19-21-24-27-34-41-48-55-68(6)9-2)65-90-94(82,83)88-61-70(77)62-89-95(84,85)91-66-72(64-87-74(79)58-51-44-39-32-33-40-47-54-67(4)5)93-76(81)60-53-46-38-31-30-35-42-49-56-69(7)10-3/h15-18,67-72,77H,8-14,19-66H2,1-7H3,(H,82,83)(H,84,85)/b16-15-,18-17-/t68?,69?,70?,71-,72-/m1/s1. The molecule has 0 aliphatic rings. The van der Waals surface area contributed by atoms with Crippen LogP contribution in [-0.2, 0) is 65.4 Å². The zero-order valence-electron chi connectivity index (χ0n) is 61.6. The Hall–Kier alpha value is -2.46. The Morgan fingerprint density at radius 1 is 0.347 bits per heavy atom. The summed E-state index contributed by atoms with van der Waals surface area (Å²) in [6.07, 6.45) is 54.9. The molecule has 19 heteroatoms. The van der Waals surface area contributed by atoms with Crippen LogP contribution in [0.15, 0.2) is 24.3 Å². The van der Waals surface area contributed by atoms with Crippen LogP contribution in [0, 0.1) is 17.8 Å². The highest BCUT2D eigenvalue weighted by Gasteiger charge is 2.30. The van der Waals surface area contributed by atoms with Gasteiger partial charge < -0.3 is 33.8 Å². The minimum atomic E-state index is -4.97. The highest BCUT2D eigenvalue weighted by Crippen LogP contribution is 2.45. The van der Waals surface area contributed by atoms with E-state index in [1.54, 1.807) is 0 Å². The number of phosphoric acid groups is 2. The number of rotatable bonds is 72. The van der Waals surface area contributed by atoms with Crippen molar-refractivity contribution in [1.29, 1.82) is 0 Å². The van der Waals surface area contributed by atoms with Crippen molar-refractivity contribution in [2.24, 2.45) is 17.8 Å². The highest BCUT2D eigenvalue weighted by molar-refractivity contribution is 7.47. The molecule has 0 aliphatic heterocycles. The highest BCUT2D eigenvalue weighted by atomic mass is 31.2. The van der Waals surface area contributed by atoms with Crippen molar-refractivity contribution in [2.75, 3.05) is 39.6 Å². The molecule has 0 aromatic carbocycles. The van der Waals surface area contributed by atoms with Crippen molar-refractivity contribution in [3.63, 3.8) is 0 Å². The summed E-state index contributed by atoms with van der Waals surface area (Å²) in [5.74, 6) is 0.164. The SMILES string of the molecule is CCCCCC/C=C\C=C/CCCCCCCC(=O)OC[C@H](COP(=O)(O)OCC(O)COP(=O)(O)OC[C@@H](COC(=O)CCCCCCCCCC(C)C)OC(=O)CCCCCCCCCCC(C)CC)OC(=O)CCCCCCCCCCCCCCCCC(C)CC. The van der Waals surface area contributed by atoms with Crippen LogP contribution in [0.1, 0.15) is 363 Å². The minimum absolute atomic E-state index is 0.100. The number of esters is 4. The average Bonchev–Trinajstić information content (AvgIpc) is 1.67. The Labute approximate surface area is 580 Å². The first kappa shape index (κ1) is 92.5. The molecule has 0 saturated heterocycles. The molecular weight excluding hydrogens is 1250 g/mol. The van der Waals surface area contributed by atoms with E-state index in [9.17, 15) is 43.2 Å². The van der Waals surface area contributed by atoms with Gasteiger partial charge in [-0.05, 0) is 69.1 Å². The molecule has 0 aromatic rings. The number of hydrogen-bond donors (Lipinski definition) is 3. The topological polar surface area (TPSA) is 237 Å². The van der Waals surface area contributed by atoms with Gasteiger partial charge in [-0.2, -0.15) is 0 Å². The second-order valence-electron chi connectivity index (χ2n) is 27.7. The van der Waals surface area contributed by atoms with E-state index in [-0.39, 0.29) is 25.7 Å². The third kappa shape index (κ3) is 67.2. The van der Waals surface area contributed by atoms with Gasteiger partial charge in [0, 0.05) is 25.7 Å². The number of allylic oxidation sites excluding steroid dienone is 4. The van der Waals surface area contributed by atoms with Crippen LogP contribution < -0.4 is 0 Å². The lowest BCUT2D eigenvalue weighted by atomic mass is 9.99. The minimum Gasteiger partial charge on any atom is -0.462 e. The molecule has 95 heavy (non-hydrogen) atoms. The van der Waals surface area contributed by atoms with Crippen LogP contribution >= 0.6 is 15.6 Å². The van der Waals surface area contributed by atoms with E-state index >= 15 is 0 Å². The first-order chi connectivity index (χ1) is 45.8. The molecule has 0 aromatic heterocycles. The van der Waals surface area contributed by atoms with Gasteiger partial charge >= 0.3 is 39.5 Å². The second-order valence-corrected chi connectivity index (χ2v) is 30.6. The molecule has 560 valence electrons. The molecule has 0 spiro atoms. The fourth-order valence-electron chi connectivity index (χ4n) is 11.0. The molecule has 0 amide bonds. The molecule has 0 saturated carbocycles. The normalized spacial score (nSPS) is 14.8. The monoisotopic (exact) mass is 1390 g/mol. The molecule has 0 fully saturated rings. The summed E-state index contributed by atoms with van der Waals surface area (Å²) in [7, 11) is -9.92. The smallest absolute Gasteiger partial charge is 0.462 e. The van der Waals surface area contributed by atoms with Gasteiger partial charge in [-0.3, -0.25) is 37.3 Å². The largest absolute Gasteiger partial charge is 0.472 e. The predicted molar refractivity (Wildman–Crippen MR) is 386 cm³/mol. The lowest BCUT2D eigenvalue weighted by Gasteiger charge is -2.21. The molecule has 3 N–H and O–H groups in total. The Kier molecular flexibility index (Phi) is 64.4. The molecule has 7 atom stereocenters. The molecular formula is C76H144O17P2. The van der Waals surface area contributed by atoms with Crippen molar-refractivity contribution in [1.82, 2.24) is 0 Å². The van der Waals surface area contributed by atoms with Gasteiger partial charge in [0.2, 0.25) is 0 Å². The maximum Gasteiger partial charge on any atom is 0.472 e. The molecule has 0 heterocycles. The summed E-state index contributed by atoms with van der Waals surface area (Å²) in [6.45, 7) is 11.8. The van der Waals surface area contributed by atoms with Crippen molar-refractivity contribution < 1.29 is 80.2 Å². The van der Waals surface area contributed by atoms with Gasteiger partial charge in [-0.1, -0.05) is 310 Å². The van der Waals surface area contributed by atoms with E-state index in [0.29, 0.717) is 31.6 Å². The molecule has 0 rings (SSSR count). The first-order valence-corrected chi connectivity index (χ1v) is 41.7. The van der Waals surface area contributed by atoms with Gasteiger partial charge in [0.05, 0.1) is 26.4 Å². The van der Waals surface area contributed by atoms with E-state index in [4.69, 9.17) is 37.0 Å². The lowest BCUT2D eigenvalue weighted by Crippen LogP contribution is -2.30. The number of carbonyl (C=O) groups is 4. The summed E-state index contributed by atoms with van der Waals surface area (Å²) in [5.41, 5.74) is 0. The second kappa shape index (κ2) is 66.1. The summed E-state index contributed by atoms with van der Waals surface area (Å²) in [4.78, 5) is 72.8. The average molecular weight is 1390 g/mol. The number of carbonyl (C=O) groups excluding carboxylic acids is 4. The van der Waals surface area contributed by atoms with E-state index in [1.165, 1.54) is 148 Å². The Balaban J connectivity index is 5.29. The van der Waals surface area contributed by atoms with Gasteiger partial charge in [0.15, 0.2) is 12.2 Å². The summed E-state index contributed by atoms with van der Waals surface area (Å²) < 4.78 is 68.5. The fourth-order valence-corrected chi connectivity index (χ4v) is 12.6. The summed E-state index contributed by atoms with van der Waals surface area (Å²) in [6, 6.07) is 0. The van der Waals surface area contributed by atoms with Crippen LogP contribution in [0.25, 0.3) is 0 Å². The number of aliphatic hydroxyl groups excluding tert-OH is 1. The van der Waals surface area contributed by atoms with E-state index < -0.39 is 97.5 Å². The van der Waals surface area contributed by atoms with Crippen LogP contribution in [-0.4, -0.2) is 96.7 Å². The van der Waals surface area contributed by atoms with E-state index in [1.807, 2.05) is 0 Å².